The molecule has 0 saturated heterocycles. The number of esters is 4. The van der Waals surface area contributed by atoms with Gasteiger partial charge in [-0.3, -0.25) is 0 Å². The minimum absolute atomic E-state index is 0.124. The van der Waals surface area contributed by atoms with Crippen molar-refractivity contribution >= 4 is 34.6 Å². The first-order chi connectivity index (χ1) is 17.6. The fourth-order valence-corrected chi connectivity index (χ4v) is 3.00. The molecule has 0 fully saturated rings. The second kappa shape index (κ2) is 11.6. The molecule has 0 spiro atoms. The van der Waals surface area contributed by atoms with Gasteiger partial charge >= 0.3 is 23.9 Å². The van der Waals surface area contributed by atoms with Gasteiger partial charge in [-0.05, 0) is 67.1 Å². The van der Waals surface area contributed by atoms with Crippen molar-refractivity contribution in [1.29, 1.82) is 0 Å². The lowest BCUT2D eigenvalue weighted by atomic mass is 10.1. The van der Waals surface area contributed by atoms with Gasteiger partial charge in [0.05, 0.1) is 5.56 Å². The number of rotatable bonds is 9. The molecule has 3 aromatic rings. The van der Waals surface area contributed by atoms with Crippen molar-refractivity contribution in [3.63, 3.8) is 0 Å². The Morgan fingerprint density at radius 2 is 1.35 bits per heavy atom. The second-order valence-electron chi connectivity index (χ2n) is 8.03. The lowest BCUT2D eigenvalue weighted by Crippen LogP contribution is -2.12. The van der Waals surface area contributed by atoms with Crippen LogP contribution in [0.5, 0.6) is 17.2 Å². The van der Waals surface area contributed by atoms with Crippen LogP contribution in [0.1, 0.15) is 29.8 Å². The lowest BCUT2D eigenvalue weighted by Gasteiger charge is -2.13. The Labute approximate surface area is 213 Å². The zero-order valence-electron chi connectivity index (χ0n) is 20.4. The molecule has 0 unspecified atom stereocenters. The van der Waals surface area contributed by atoms with E-state index in [0.717, 1.165) is 16.8 Å². The van der Waals surface area contributed by atoms with Crippen LogP contribution in [-0.2, 0) is 25.7 Å². The fraction of sp³-hybridized carbons (Fsp3) is 0.103. The predicted molar refractivity (Wildman–Crippen MR) is 136 cm³/mol. The average Bonchev–Trinajstić information content (AvgIpc) is 2.87. The number of ether oxygens (including phenoxy) is 4. The third kappa shape index (κ3) is 7.02. The third-order valence-electron chi connectivity index (χ3n) is 4.94. The van der Waals surface area contributed by atoms with Gasteiger partial charge in [0, 0.05) is 22.8 Å². The Balaban J connectivity index is 1.81. The molecular weight excluding hydrogens is 476 g/mol. The van der Waals surface area contributed by atoms with Gasteiger partial charge in [0.15, 0.2) is 0 Å². The summed E-state index contributed by atoms with van der Waals surface area (Å²) in [4.78, 5) is 48.0. The van der Waals surface area contributed by atoms with Gasteiger partial charge in [-0.25, -0.2) is 19.2 Å². The molecule has 0 heterocycles. The molecule has 0 N–H and O–H groups in total. The summed E-state index contributed by atoms with van der Waals surface area (Å²) in [5.41, 5.74) is 1.03. The molecule has 3 rings (SSSR count). The van der Waals surface area contributed by atoms with Crippen LogP contribution in [0, 0.1) is 0 Å². The Hall–Kier alpha value is -4.98. The summed E-state index contributed by atoms with van der Waals surface area (Å²) in [5, 5.41) is 1.47. The number of carbonyl (C=O) groups excluding carboxylic acids is 4. The number of benzene rings is 3. The van der Waals surface area contributed by atoms with Crippen molar-refractivity contribution in [3.05, 3.63) is 103 Å². The van der Waals surface area contributed by atoms with Crippen LogP contribution < -0.4 is 14.2 Å². The molecule has 0 atom stereocenters. The largest absolute Gasteiger partial charge is 0.458 e. The zero-order valence-corrected chi connectivity index (χ0v) is 20.4. The van der Waals surface area contributed by atoms with Crippen LogP contribution in [0.25, 0.3) is 10.8 Å². The summed E-state index contributed by atoms with van der Waals surface area (Å²) < 4.78 is 21.1. The monoisotopic (exact) mass is 500 g/mol. The van der Waals surface area contributed by atoms with E-state index < -0.39 is 23.9 Å². The lowest BCUT2D eigenvalue weighted by molar-refractivity contribution is -0.139. The van der Waals surface area contributed by atoms with Crippen LogP contribution in [0.15, 0.2) is 91.6 Å². The maximum Gasteiger partial charge on any atom is 0.343 e. The molecule has 0 aliphatic carbocycles. The van der Waals surface area contributed by atoms with Crippen molar-refractivity contribution < 1.29 is 38.1 Å². The van der Waals surface area contributed by atoms with E-state index in [-0.39, 0.29) is 34.8 Å². The average molecular weight is 501 g/mol. The molecule has 3 aromatic carbocycles. The van der Waals surface area contributed by atoms with Crippen LogP contribution >= 0.6 is 0 Å². The van der Waals surface area contributed by atoms with Crippen LogP contribution in [0.2, 0.25) is 0 Å². The molecule has 0 amide bonds. The van der Waals surface area contributed by atoms with Crippen LogP contribution in [0.3, 0.4) is 0 Å². The van der Waals surface area contributed by atoms with Gasteiger partial charge in [0.25, 0.3) is 0 Å². The topological polar surface area (TPSA) is 105 Å². The van der Waals surface area contributed by atoms with Crippen LogP contribution in [0.4, 0.5) is 0 Å². The number of fused-ring (bicyclic) bond motifs is 1. The summed E-state index contributed by atoms with van der Waals surface area (Å²) in [6, 6.07) is 14.2. The highest BCUT2D eigenvalue weighted by molar-refractivity contribution is 5.97. The summed E-state index contributed by atoms with van der Waals surface area (Å²) in [7, 11) is 0. The van der Waals surface area contributed by atoms with E-state index in [1.165, 1.54) is 25.1 Å². The molecule has 0 aliphatic rings. The molecule has 8 nitrogen and oxygen atoms in total. The molecular formula is C29H24O8. The molecule has 8 heteroatoms. The highest BCUT2D eigenvalue weighted by Gasteiger charge is 2.16. The molecule has 37 heavy (non-hydrogen) atoms. The van der Waals surface area contributed by atoms with Gasteiger partial charge in [-0.1, -0.05) is 31.9 Å². The maximum atomic E-state index is 12.8. The van der Waals surface area contributed by atoms with Gasteiger partial charge < -0.3 is 18.9 Å². The Morgan fingerprint density at radius 1 is 0.757 bits per heavy atom. The van der Waals surface area contributed by atoms with Gasteiger partial charge in [-0.2, -0.15) is 0 Å². The highest BCUT2D eigenvalue weighted by atomic mass is 16.6. The molecule has 0 saturated carbocycles. The molecule has 0 aliphatic heterocycles. The van der Waals surface area contributed by atoms with E-state index in [1.807, 2.05) is 0 Å². The summed E-state index contributed by atoms with van der Waals surface area (Å²) >= 11 is 0. The van der Waals surface area contributed by atoms with Crippen molar-refractivity contribution in [1.82, 2.24) is 0 Å². The van der Waals surface area contributed by atoms with Gasteiger partial charge in [-0.15, -0.1) is 0 Å². The van der Waals surface area contributed by atoms with E-state index in [0.29, 0.717) is 11.3 Å². The molecule has 0 aromatic heterocycles. The van der Waals surface area contributed by atoms with Crippen molar-refractivity contribution in [2.75, 3.05) is 0 Å². The van der Waals surface area contributed by atoms with Crippen LogP contribution in [-0.4, -0.2) is 23.9 Å². The normalized spacial score (nSPS) is 10.2. The first kappa shape index (κ1) is 26.6. The Morgan fingerprint density at radius 3 is 2.03 bits per heavy atom. The van der Waals surface area contributed by atoms with E-state index in [9.17, 15) is 19.2 Å². The first-order valence-electron chi connectivity index (χ1n) is 11.0. The standard InChI is InChI=1S/C29H24O8/c1-6-26(30)34-16-22-15-24(11-12-25(22)37-28(32)18(4)5)36-29(33)21-8-7-20-14-23(10-9-19(20)13-21)35-27(31)17(2)3/h6-15H,1-2,4,16H2,3,5H3. The SMILES string of the molecule is C=CC(=O)OCc1cc(OC(=O)c2ccc3cc(OC(=O)C(=C)C)ccc3c2)ccc1OC(=O)C(=C)C. The molecule has 188 valence electrons. The summed E-state index contributed by atoms with van der Waals surface area (Å²) in [6.07, 6.45) is 0.997. The fourth-order valence-electron chi connectivity index (χ4n) is 3.00. The summed E-state index contributed by atoms with van der Waals surface area (Å²) in [5.74, 6) is -1.87. The second-order valence-corrected chi connectivity index (χ2v) is 8.03. The quantitative estimate of drug-likeness (QED) is 0.223. The first-order valence-corrected chi connectivity index (χ1v) is 11.0. The highest BCUT2D eigenvalue weighted by Crippen LogP contribution is 2.28. The Bertz CT molecular complexity index is 1450. The number of carbonyl (C=O) groups is 4. The third-order valence-corrected chi connectivity index (χ3v) is 4.94. The minimum atomic E-state index is -0.673. The van der Waals surface area contributed by atoms with E-state index in [4.69, 9.17) is 18.9 Å². The van der Waals surface area contributed by atoms with E-state index in [1.54, 1.807) is 43.3 Å². The maximum absolute atomic E-state index is 12.8. The molecule has 0 bridgehead atoms. The zero-order chi connectivity index (χ0) is 27.1. The summed E-state index contributed by atoms with van der Waals surface area (Å²) in [6.45, 7) is 13.2. The number of hydrogen-bond acceptors (Lipinski definition) is 8. The molecule has 0 radical (unpaired) electrons. The van der Waals surface area contributed by atoms with Crippen molar-refractivity contribution in [3.8, 4) is 17.2 Å². The van der Waals surface area contributed by atoms with E-state index >= 15 is 0 Å². The van der Waals surface area contributed by atoms with Gasteiger partial charge in [0.2, 0.25) is 0 Å². The minimum Gasteiger partial charge on any atom is -0.458 e. The Kier molecular flexibility index (Phi) is 8.37. The number of hydrogen-bond donors (Lipinski definition) is 0. The smallest absolute Gasteiger partial charge is 0.343 e. The van der Waals surface area contributed by atoms with Gasteiger partial charge in [0.1, 0.15) is 23.9 Å². The van der Waals surface area contributed by atoms with Crippen molar-refractivity contribution in [2.45, 2.75) is 20.5 Å². The van der Waals surface area contributed by atoms with E-state index in [2.05, 4.69) is 19.7 Å². The predicted octanol–water partition coefficient (Wildman–Crippen LogP) is 5.25. The van der Waals surface area contributed by atoms with Crippen molar-refractivity contribution in [2.24, 2.45) is 0 Å².